The number of amides is 1. The van der Waals surface area contributed by atoms with E-state index in [1.54, 1.807) is 0 Å². The fourth-order valence-corrected chi connectivity index (χ4v) is 13.4. The van der Waals surface area contributed by atoms with Crippen molar-refractivity contribution in [2.45, 2.75) is 129 Å². The average Bonchev–Trinajstić information content (AvgIpc) is 3.30. The van der Waals surface area contributed by atoms with E-state index in [0.29, 0.717) is 24.8 Å². The Balaban J connectivity index is 1.59. The Morgan fingerprint density at radius 3 is 2.09 bits per heavy atom. The predicted molar refractivity (Wildman–Crippen MR) is 152 cm³/mol. The number of nitrogens with one attached hydrogen (secondary N) is 1. The Hall–Kier alpha value is 0.267. The molecule has 3 saturated heterocycles. The quantitative estimate of drug-likeness (QED) is 0.170. The van der Waals surface area contributed by atoms with Gasteiger partial charge in [-0.25, -0.2) is 0 Å². The Labute approximate surface area is 224 Å². The summed E-state index contributed by atoms with van der Waals surface area (Å²) in [5.74, 6) is 2.64. The third-order valence-corrected chi connectivity index (χ3v) is 16.0. The third kappa shape index (κ3) is 6.13. The van der Waals surface area contributed by atoms with Gasteiger partial charge in [-0.2, -0.15) is 0 Å². The van der Waals surface area contributed by atoms with Gasteiger partial charge in [0.1, 0.15) is 0 Å². The van der Waals surface area contributed by atoms with Crippen molar-refractivity contribution in [3.05, 3.63) is 0 Å². The van der Waals surface area contributed by atoms with Crippen LogP contribution in [0.25, 0.3) is 0 Å². The van der Waals surface area contributed by atoms with E-state index in [-0.39, 0.29) is 34.5 Å². The van der Waals surface area contributed by atoms with Gasteiger partial charge in [0, 0.05) is 41.8 Å². The van der Waals surface area contributed by atoms with Crippen LogP contribution in [0.1, 0.15) is 101 Å². The van der Waals surface area contributed by atoms with Crippen LogP contribution in [-0.4, -0.2) is 49.1 Å². The molecule has 0 aliphatic carbocycles. The first-order chi connectivity index (χ1) is 16.3. The summed E-state index contributed by atoms with van der Waals surface area (Å²) in [6.45, 7) is 21.0. The maximum Gasteiger partial charge on any atom is 0.502 e. The van der Waals surface area contributed by atoms with Gasteiger partial charge >= 0.3 is 8.80 Å². The first kappa shape index (κ1) is 29.8. The van der Waals surface area contributed by atoms with Gasteiger partial charge in [0.2, 0.25) is 5.91 Å². The first-order valence-corrected chi connectivity index (χ1v) is 18.3. The smallest absolute Gasteiger partial charge is 0.367 e. The number of rotatable bonds is 11. The highest BCUT2D eigenvalue weighted by Gasteiger charge is 2.70. The van der Waals surface area contributed by atoms with Gasteiger partial charge in [-0.3, -0.25) is 4.79 Å². The molecule has 0 radical (unpaired) electrons. The molecule has 0 aromatic carbocycles. The highest BCUT2D eigenvalue weighted by atomic mass is 33.1. The Kier molecular flexibility index (Phi) is 9.85. The highest BCUT2D eigenvalue weighted by molar-refractivity contribution is 8.77. The van der Waals surface area contributed by atoms with E-state index in [4.69, 9.17) is 13.3 Å². The number of carbonyl (C=O) groups is 1. The molecular formula is C27H51NO4S2Si. The zero-order valence-electron chi connectivity index (χ0n) is 23.7. The summed E-state index contributed by atoms with van der Waals surface area (Å²) in [4.78, 5) is 12.4. The van der Waals surface area contributed by atoms with Gasteiger partial charge in [0.15, 0.2) is 0 Å². The lowest BCUT2D eigenvalue weighted by Crippen LogP contribution is -2.78. The second-order valence-electron chi connectivity index (χ2n) is 12.3. The minimum Gasteiger partial charge on any atom is -0.367 e. The van der Waals surface area contributed by atoms with E-state index in [9.17, 15) is 4.79 Å². The molecule has 3 aliphatic heterocycles. The molecule has 0 aromatic heterocycles. The Morgan fingerprint density at radius 2 is 1.57 bits per heavy atom. The average molecular weight is 546 g/mol. The fourth-order valence-electron chi connectivity index (χ4n) is 6.17. The predicted octanol–water partition coefficient (Wildman–Crippen LogP) is 7.08. The van der Waals surface area contributed by atoms with Crippen LogP contribution in [0.15, 0.2) is 0 Å². The van der Waals surface area contributed by atoms with Crippen LogP contribution in [0, 0.1) is 23.7 Å². The molecule has 3 heterocycles. The number of fused-ring (bicyclic) bond motifs is 2. The molecule has 8 heteroatoms. The molecule has 3 aliphatic rings. The monoisotopic (exact) mass is 545 g/mol. The van der Waals surface area contributed by atoms with Gasteiger partial charge in [-0.05, 0) is 58.3 Å². The molecule has 1 amide bonds. The van der Waals surface area contributed by atoms with Gasteiger partial charge in [-0.1, -0.05) is 69.6 Å². The molecule has 3 fully saturated rings. The van der Waals surface area contributed by atoms with Crippen LogP contribution in [-0.2, 0) is 18.1 Å². The van der Waals surface area contributed by atoms with Crippen molar-refractivity contribution in [1.82, 2.24) is 5.32 Å². The molecule has 204 valence electrons. The number of carbonyl (C=O) groups excluding carboxylic acids is 1. The molecule has 5 nitrogen and oxygen atoms in total. The van der Waals surface area contributed by atoms with E-state index in [2.05, 4.69) is 67.6 Å². The first-order valence-electron chi connectivity index (χ1n) is 13.9. The van der Waals surface area contributed by atoms with Crippen molar-refractivity contribution in [3.8, 4) is 0 Å². The highest BCUT2D eigenvalue weighted by Crippen LogP contribution is 2.58. The Morgan fingerprint density at radius 1 is 0.971 bits per heavy atom. The topological polar surface area (TPSA) is 56.8 Å². The molecular weight excluding hydrogens is 495 g/mol. The van der Waals surface area contributed by atoms with Crippen molar-refractivity contribution in [2.24, 2.45) is 23.7 Å². The zero-order valence-corrected chi connectivity index (χ0v) is 26.3. The maximum atomic E-state index is 12.4. The summed E-state index contributed by atoms with van der Waals surface area (Å²) in [5.41, 5.74) is -0.906. The number of hydrogen-bond donors (Lipinski definition) is 1. The van der Waals surface area contributed by atoms with Crippen molar-refractivity contribution in [1.29, 1.82) is 0 Å². The summed E-state index contributed by atoms with van der Waals surface area (Å²) in [7, 11) is 1.06. The Bertz CT molecular complexity index is 702. The summed E-state index contributed by atoms with van der Waals surface area (Å²) in [5, 5.41) is 3.94. The second kappa shape index (κ2) is 11.6. The lowest BCUT2D eigenvalue weighted by Gasteiger charge is -2.67. The minimum atomic E-state index is -2.96. The molecule has 1 N–H and O–H groups in total. The van der Waals surface area contributed by atoms with Crippen molar-refractivity contribution in [3.63, 3.8) is 0 Å². The summed E-state index contributed by atoms with van der Waals surface area (Å²) in [6, 6.07) is 0.740. The standard InChI is InChI=1S/C27H51NO4S2Si/c1-19(2)25(7)21(5)27(9)22(6)26(8,20(3)4)31-35(30-25,32-27)18-12-16-28-24(29)14-11-10-13-23-15-17-33-34-23/h19-23H,10-18H2,1-9H3,(H,28,29)/t21-,22+,23?,25?,26?,27?,35?. The van der Waals surface area contributed by atoms with E-state index in [1.165, 1.54) is 18.6 Å². The molecule has 2 bridgehead atoms. The molecule has 5 unspecified atom stereocenters. The van der Waals surface area contributed by atoms with Crippen LogP contribution in [0.4, 0.5) is 0 Å². The number of unbranched alkanes of at least 4 members (excludes halogenated alkanes) is 1. The molecule has 3 rings (SSSR count). The van der Waals surface area contributed by atoms with E-state index < -0.39 is 8.80 Å². The number of hydrogen-bond acceptors (Lipinski definition) is 6. The van der Waals surface area contributed by atoms with Crippen LogP contribution >= 0.6 is 21.6 Å². The van der Waals surface area contributed by atoms with Gasteiger partial charge in [0.05, 0.1) is 16.8 Å². The lowest BCUT2D eigenvalue weighted by atomic mass is 9.63. The minimum absolute atomic E-state index is 0.166. The van der Waals surface area contributed by atoms with E-state index >= 15 is 0 Å². The molecule has 0 aromatic rings. The van der Waals surface area contributed by atoms with Crippen molar-refractivity contribution < 1.29 is 18.1 Å². The zero-order chi connectivity index (χ0) is 26.1. The molecule has 0 saturated carbocycles. The van der Waals surface area contributed by atoms with Gasteiger partial charge < -0.3 is 18.6 Å². The van der Waals surface area contributed by atoms with Gasteiger partial charge in [0.25, 0.3) is 0 Å². The summed E-state index contributed by atoms with van der Waals surface area (Å²) < 4.78 is 20.9. The lowest BCUT2D eigenvalue weighted by molar-refractivity contribution is -0.287. The van der Waals surface area contributed by atoms with Crippen molar-refractivity contribution in [2.75, 3.05) is 12.3 Å². The third-order valence-electron chi connectivity index (χ3n) is 9.75. The maximum absolute atomic E-state index is 12.4. The molecule has 7 atom stereocenters. The van der Waals surface area contributed by atoms with Crippen LogP contribution in [0.3, 0.4) is 0 Å². The normalized spacial score (nSPS) is 41.5. The fraction of sp³-hybridized carbons (Fsp3) is 0.963. The molecule has 0 spiro atoms. The van der Waals surface area contributed by atoms with E-state index in [0.717, 1.165) is 30.6 Å². The van der Waals surface area contributed by atoms with Crippen molar-refractivity contribution >= 4 is 36.3 Å². The van der Waals surface area contributed by atoms with E-state index in [1.807, 2.05) is 21.6 Å². The largest absolute Gasteiger partial charge is 0.502 e. The van der Waals surface area contributed by atoms with Gasteiger partial charge in [-0.15, -0.1) is 0 Å². The SMILES string of the molecule is CC(C)C1(C)O[Si]2(CCCNC(=O)CCCCC3CCSS3)OC(C)(C(C)C)[C@H](C)C(C)(O2)[C@@H]1C. The van der Waals surface area contributed by atoms with Crippen LogP contribution in [0.5, 0.6) is 0 Å². The van der Waals surface area contributed by atoms with Crippen LogP contribution in [0.2, 0.25) is 6.04 Å². The molecule has 35 heavy (non-hydrogen) atoms. The van der Waals surface area contributed by atoms with Crippen LogP contribution < -0.4 is 5.32 Å². The summed E-state index contributed by atoms with van der Waals surface area (Å²) in [6.07, 6.45) is 6.13. The second-order valence-corrected chi connectivity index (χ2v) is 17.6. The summed E-state index contributed by atoms with van der Waals surface area (Å²) >= 11 is 0.